The fraction of sp³-hybridized carbons (Fsp3) is 0.556. The summed E-state index contributed by atoms with van der Waals surface area (Å²) < 4.78 is 7.73. The van der Waals surface area contributed by atoms with Crippen molar-refractivity contribution in [2.24, 2.45) is 5.41 Å². The Labute approximate surface area is 130 Å². The number of thiophene rings is 1. The van der Waals surface area contributed by atoms with E-state index >= 15 is 0 Å². The van der Waals surface area contributed by atoms with E-state index in [4.69, 9.17) is 4.74 Å². The summed E-state index contributed by atoms with van der Waals surface area (Å²) in [7, 11) is 0. The molecule has 1 saturated heterocycles. The Morgan fingerprint density at radius 3 is 2.86 bits per heavy atom. The van der Waals surface area contributed by atoms with Crippen LogP contribution in [0, 0.1) is 5.41 Å². The molecule has 1 atom stereocenters. The highest BCUT2D eigenvalue weighted by Gasteiger charge is 2.35. The number of hydrogen-bond acceptors (Lipinski definition) is 3. The third-order valence-electron chi connectivity index (χ3n) is 5.10. The zero-order valence-electron chi connectivity index (χ0n) is 12.4. The highest BCUT2D eigenvalue weighted by Crippen LogP contribution is 2.40. The Hall–Kier alpha value is -0.900. The first kappa shape index (κ1) is 13.7. The van der Waals surface area contributed by atoms with Gasteiger partial charge in [0.15, 0.2) is 0 Å². The van der Waals surface area contributed by atoms with E-state index < -0.39 is 0 Å². The first-order valence-electron chi connectivity index (χ1n) is 8.16. The summed E-state index contributed by atoms with van der Waals surface area (Å²) in [5.41, 5.74) is 0.406. The maximum Gasteiger partial charge on any atom is 0.104 e. The molecule has 2 aliphatic rings. The molecule has 4 rings (SSSR count). The summed E-state index contributed by atoms with van der Waals surface area (Å²) in [6, 6.07) is 10.9. The van der Waals surface area contributed by atoms with Gasteiger partial charge in [0.2, 0.25) is 0 Å². The lowest BCUT2D eigenvalue weighted by Gasteiger charge is -2.35. The molecule has 1 aromatic heterocycles. The van der Waals surface area contributed by atoms with Crippen LogP contribution in [-0.4, -0.2) is 19.7 Å². The molecule has 1 spiro atoms. The molecule has 2 aromatic rings. The summed E-state index contributed by atoms with van der Waals surface area (Å²) in [4.78, 5) is 1.37. The quantitative estimate of drug-likeness (QED) is 0.836. The second-order valence-corrected chi connectivity index (χ2v) is 7.79. The van der Waals surface area contributed by atoms with Crippen LogP contribution in [0.1, 0.15) is 43.1 Å². The highest BCUT2D eigenvalue weighted by atomic mass is 32.1. The fourth-order valence-corrected chi connectivity index (χ4v) is 4.94. The minimum atomic E-state index is 0.226. The largest absolute Gasteiger partial charge is 0.371 e. The molecule has 1 unspecified atom stereocenters. The predicted octanol–water partition coefficient (Wildman–Crippen LogP) is 4.51. The number of nitrogens with one attached hydrogen (secondary N) is 1. The van der Waals surface area contributed by atoms with Crippen LogP contribution < -0.4 is 5.32 Å². The van der Waals surface area contributed by atoms with Crippen molar-refractivity contribution in [2.75, 3.05) is 19.7 Å². The minimum Gasteiger partial charge on any atom is -0.371 e. The van der Waals surface area contributed by atoms with Gasteiger partial charge in [-0.25, -0.2) is 0 Å². The van der Waals surface area contributed by atoms with Gasteiger partial charge in [-0.15, -0.1) is 11.3 Å². The summed E-state index contributed by atoms with van der Waals surface area (Å²) in [5, 5.41) is 5.03. The molecule has 3 heteroatoms. The number of fused-ring (bicyclic) bond motifs is 1. The first-order chi connectivity index (χ1) is 10.3. The lowest BCUT2D eigenvalue weighted by Crippen LogP contribution is -2.37. The third-order valence-corrected chi connectivity index (χ3v) is 6.30. The fourth-order valence-electron chi connectivity index (χ4n) is 3.82. The van der Waals surface area contributed by atoms with Gasteiger partial charge in [-0.05, 0) is 30.4 Å². The molecule has 2 fully saturated rings. The van der Waals surface area contributed by atoms with Crippen molar-refractivity contribution in [3.8, 4) is 0 Å². The Morgan fingerprint density at radius 1 is 1.14 bits per heavy atom. The van der Waals surface area contributed by atoms with E-state index in [1.165, 1.54) is 47.1 Å². The van der Waals surface area contributed by atoms with Gasteiger partial charge in [0, 0.05) is 28.1 Å². The van der Waals surface area contributed by atoms with Crippen LogP contribution in [0.4, 0.5) is 0 Å². The zero-order valence-corrected chi connectivity index (χ0v) is 13.3. The van der Waals surface area contributed by atoms with E-state index in [1.54, 1.807) is 0 Å². The maximum absolute atomic E-state index is 6.36. The predicted molar refractivity (Wildman–Crippen MR) is 88.9 cm³/mol. The normalized spacial score (nSPS) is 26.0. The monoisotopic (exact) mass is 301 g/mol. The Balaban J connectivity index is 1.53. The Kier molecular flexibility index (Phi) is 3.74. The van der Waals surface area contributed by atoms with Gasteiger partial charge in [-0.1, -0.05) is 37.5 Å². The summed E-state index contributed by atoms with van der Waals surface area (Å²) in [6.07, 6.45) is 7.04. The minimum absolute atomic E-state index is 0.226. The van der Waals surface area contributed by atoms with Crippen LogP contribution in [0.15, 0.2) is 30.3 Å². The van der Waals surface area contributed by atoms with Gasteiger partial charge in [0.05, 0.1) is 6.61 Å². The number of ether oxygens (including phenoxy) is 1. The zero-order chi connectivity index (χ0) is 14.1. The lowest BCUT2D eigenvalue weighted by molar-refractivity contribution is 0.0000576. The molecule has 1 saturated carbocycles. The number of benzene rings is 1. The van der Waals surface area contributed by atoms with Gasteiger partial charge in [-0.3, -0.25) is 0 Å². The van der Waals surface area contributed by atoms with Crippen LogP contribution in [0.2, 0.25) is 0 Å². The van der Waals surface area contributed by atoms with E-state index in [9.17, 15) is 0 Å². The molecular weight excluding hydrogens is 278 g/mol. The van der Waals surface area contributed by atoms with Gasteiger partial charge in [0.1, 0.15) is 6.10 Å². The Bertz CT molecular complexity index is 581. The van der Waals surface area contributed by atoms with Crippen molar-refractivity contribution < 1.29 is 4.74 Å². The van der Waals surface area contributed by atoms with Gasteiger partial charge in [0.25, 0.3) is 0 Å². The van der Waals surface area contributed by atoms with Crippen LogP contribution in [0.25, 0.3) is 10.1 Å². The van der Waals surface area contributed by atoms with Crippen LogP contribution >= 0.6 is 11.3 Å². The molecule has 112 valence electrons. The van der Waals surface area contributed by atoms with E-state index in [0.717, 1.165) is 19.7 Å². The SMILES string of the molecule is c1ccc2sc(C3CNCC4(CCCCC4)CO3)cc2c1. The van der Waals surface area contributed by atoms with Crippen LogP contribution in [-0.2, 0) is 4.74 Å². The van der Waals surface area contributed by atoms with Crippen molar-refractivity contribution in [2.45, 2.75) is 38.2 Å². The highest BCUT2D eigenvalue weighted by molar-refractivity contribution is 7.19. The molecule has 2 heterocycles. The van der Waals surface area contributed by atoms with Crippen molar-refractivity contribution in [3.05, 3.63) is 35.2 Å². The summed E-state index contributed by atoms with van der Waals surface area (Å²) in [5.74, 6) is 0. The average Bonchev–Trinajstić information content (AvgIpc) is 2.85. The van der Waals surface area contributed by atoms with Crippen LogP contribution in [0.5, 0.6) is 0 Å². The Morgan fingerprint density at radius 2 is 2.00 bits per heavy atom. The molecule has 1 aromatic carbocycles. The summed E-state index contributed by atoms with van der Waals surface area (Å²) in [6.45, 7) is 3.02. The summed E-state index contributed by atoms with van der Waals surface area (Å²) >= 11 is 1.88. The molecule has 2 nitrogen and oxygen atoms in total. The van der Waals surface area contributed by atoms with Gasteiger partial charge < -0.3 is 10.1 Å². The maximum atomic E-state index is 6.36. The molecule has 1 aliphatic heterocycles. The van der Waals surface area contributed by atoms with Crippen molar-refractivity contribution in [3.63, 3.8) is 0 Å². The van der Waals surface area contributed by atoms with E-state index in [2.05, 4.69) is 35.6 Å². The van der Waals surface area contributed by atoms with Crippen molar-refractivity contribution in [1.29, 1.82) is 0 Å². The second kappa shape index (κ2) is 5.71. The second-order valence-electron chi connectivity index (χ2n) is 6.68. The average molecular weight is 301 g/mol. The first-order valence-corrected chi connectivity index (χ1v) is 8.97. The number of rotatable bonds is 1. The molecular formula is C18H23NOS. The molecule has 21 heavy (non-hydrogen) atoms. The number of hydrogen-bond donors (Lipinski definition) is 1. The molecule has 0 radical (unpaired) electrons. The van der Waals surface area contributed by atoms with Crippen LogP contribution in [0.3, 0.4) is 0 Å². The standard InChI is InChI=1S/C18H23NOS/c1-4-8-18(9-5-1)12-19-11-15(20-13-18)17-10-14-6-2-3-7-16(14)21-17/h2-3,6-7,10,15,19H,1,4-5,8-9,11-13H2. The van der Waals surface area contributed by atoms with E-state index in [-0.39, 0.29) is 6.10 Å². The van der Waals surface area contributed by atoms with Crippen molar-refractivity contribution >= 4 is 21.4 Å². The van der Waals surface area contributed by atoms with Gasteiger partial charge in [-0.2, -0.15) is 0 Å². The smallest absolute Gasteiger partial charge is 0.104 e. The third kappa shape index (κ3) is 2.75. The van der Waals surface area contributed by atoms with Gasteiger partial charge >= 0.3 is 0 Å². The molecule has 0 amide bonds. The van der Waals surface area contributed by atoms with Crippen molar-refractivity contribution in [1.82, 2.24) is 5.32 Å². The lowest BCUT2D eigenvalue weighted by atomic mass is 9.75. The molecule has 0 bridgehead atoms. The van der Waals surface area contributed by atoms with E-state index in [1.807, 2.05) is 11.3 Å². The topological polar surface area (TPSA) is 21.3 Å². The molecule has 1 N–H and O–H groups in total. The molecule has 1 aliphatic carbocycles. The van der Waals surface area contributed by atoms with E-state index in [0.29, 0.717) is 5.41 Å².